The molecule has 0 N–H and O–H groups in total. The van der Waals surface area contributed by atoms with Crippen LogP contribution < -0.4 is 0 Å². The third-order valence-corrected chi connectivity index (χ3v) is 3.55. The van der Waals surface area contributed by atoms with Crippen molar-refractivity contribution in [3.8, 4) is 16.9 Å². The molecule has 8 heteroatoms. The largest absolute Gasteiger partial charge is 0.416 e. The van der Waals surface area contributed by atoms with Gasteiger partial charge in [0, 0.05) is 11.6 Å². The van der Waals surface area contributed by atoms with Crippen LogP contribution in [-0.2, 0) is 6.18 Å². The van der Waals surface area contributed by atoms with Gasteiger partial charge < -0.3 is 0 Å². The number of halogens is 6. The fourth-order valence-electron chi connectivity index (χ4n) is 2.39. The number of aromatic nitrogens is 2. The fraction of sp³-hybridized carbons (Fsp3) is 0.0556. The Morgan fingerprint density at radius 2 is 1.65 bits per heavy atom. The average molecular weight is 368 g/mol. The molecule has 0 atom stereocenters. The molecule has 134 valence electrons. The highest BCUT2D eigenvalue weighted by Gasteiger charge is 2.30. The van der Waals surface area contributed by atoms with E-state index in [2.05, 4.69) is 5.10 Å². The Labute approximate surface area is 144 Å². The van der Waals surface area contributed by atoms with Crippen LogP contribution in [0, 0.1) is 5.82 Å². The van der Waals surface area contributed by atoms with E-state index in [0.29, 0.717) is 11.6 Å². The molecule has 0 unspecified atom stereocenters. The zero-order valence-corrected chi connectivity index (χ0v) is 12.9. The highest BCUT2D eigenvalue weighted by molar-refractivity contribution is 5.64. The molecule has 0 spiro atoms. The van der Waals surface area contributed by atoms with Gasteiger partial charge in [0.1, 0.15) is 5.82 Å². The molecule has 0 amide bonds. The molecule has 0 saturated carbocycles. The van der Waals surface area contributed by atoms with Crippen molar-refractivity contribution in [3.63, 3.8) is 0 Å². The number of rotatable bonds is 3. The minimum atomic E-state index is -4.58. The highest BCUT2D eigenvalue weighted by atomic mass is 19.4. The first-order chi connectivity index (χ1) is 12.2. The first-order valence-electron chi connectivity index (χ1n) is 7.30. The summed E-state index contributed by atoms with van der Waals surface area (Å²) in [6.45, 7) is 0. The molecule has 0 aliphatic heterocycles. The minimum absolute atomic E-state index is 0.0271. The van der Waals surface area contributed by atoms with E-state index >= 15 is 0 Å². The van der Waals surface area contributed by atoms with E-state index in [0.717, 1.165) is 22.9 Å². The zero-order chi connectivity index (χ0) is 18.9. The average Bonchev–Trinajstić information content (AvgIpc) is 2.98. The van der Waals surface area contributed by atoms with Crippen molar-refractivity contribution < 1.29 is 26.3 Å². The molecule has 3 aromatic rings. The first-order valence-corrected chi connectivity index (χ1v) is 7.30. The highest BCUT2D eigenvalue weighted by Crippen LogP contribution is 2.31. The van der Waals surface area contributed by atoms with Crippen LogP contribution in [0.2, 0.25) is 0 Å². The lowest BCUT2D eigenvalue weighted by Crippen LogP contribution is -2.07. The van der Waals surface area contributed by atoms with E-state index in [1.807, 2.05) is 0 Å². The lowest BCUT2D eigenvalue weighted by molar-refractivity contribution is -0.137. The fourth-order valence-corrected chi connectivity index (χ4v) is 2.39. The van der Waals surface area contributed by atoms with E-state index in [4.69, 9.17) is 0 Å². The van der Waals surface area contributed by atoms with Crippen molar-refractivity contribution in [2.45, 2.75) is 6.18 Å². The summed E-state index contributed by atoms with van der Waals surface area (Å²) in [5.74, 6) is -0.485. The zero-order valence-electron chi connectivity index (χ0n) is 12.9. The summed E-state index contributed by atoms with van der Waals surface area (Å²) in [4.78, 5) is 0. The third kappa shape index (κ3) is 3.79. The van der Waals surface area contributed by atoms with Crippen LogP contribution in [0.1, 0.15) is 11.3 Å². The Balaban J connectivity index is 2.14. The number of benzene rings is 2. The maximum absolute atomic E-state index is 13.0. The summed E-state index contributed by atoms with van der Waals surface area (Å²) in [6, 6.07) is 10.6. The molecule has 2 aromatic carbocycles. The number of hydrogen-bond donors (Lipinski definition) is 0. The number of alkyl halides is 3. The maximum Gasteiger partial charge on any atom is 0.416 e. The van der Waals surface area contributed by atoms with Gasteiger partial charge in [-0.3, -0.25) is 0 Å². The van der Waals surface area contributed by atoms with E-state index in [9.17, 15) is 26.3 Å². The van der Waals surface area contributed by atoms with Crippen molar-refractivity contribution >= 4 is 6.08 Å². The van der Waals surface area contributed by atoms with E-state index < -0.39 is 23.6 Å². The predicted octanol–water partition coefficient (Wildman–Crippen LogP) is 5.93. The Hall–Kier alpha value is -3.03. The van der Waals surface area contributed by atoms with Gasteiger partial charge in [0.25, 0.3) is 6.08 Å². The van der Waals surface area contributed by atoms with Crippen LogP contribution in [0.25, 0.3) is 23.0 Å². The summed E-state index contributed by atoms with van der Waals surface area (Å²) in [6.07, 6.45) is -6.10. The molecule has 1 aromatic heterocycles. The van der Waals surface area contributed by atoms with Gasteiger partial charge in [-0.2, -0.15) is 27.1 Å². The minimum Gasteiger partial charge on any atom is -0.233 e. The van der Waals surface area contributed by atoms with Crippen LogP contribution in [-0.4, -0.2) is 9.78 Å². The van der Waals surface area contributed by atoms with Crippen LogP contribution >= 0.6 is 0 Å². The molecule has 0 aliphatic carbocycles. The molecule has 0 fully saturated rings. The molecule has 1 heterocycles. The smallest absolute Gasteiger partial charge is 0.233 e. The molecule has 26 heavy (non-hydrogen) atoms. The number of hydrogen-bond acceptors (Lipinski definition) is 1. The van der Waals surface area contributed by atoms with Crippen LogP contribution in [0.15, 0.2) is 60.7 Å². The van der Waals surface area contributed by atoms with Gasteiger partial charge in [-0.1, -0.05) is 6.07 Å². The summed E-state index contributed by atoms with van der Waals surface area (Å²) in [7, 11) is 0. The quantitative estimate of drug-likeness (QED) is 0.524. The Kier molecular flexibility index (Phi) is 4.58. The second kappa shape index (κ2) is 6.70. The summed E-state index contributed by atoms with van der Waals surface area (Å²) in [5, 5.41) is 4.11. The SMILES string of the molecule is FC(F)=Cc1cc(-c2ccc(F)cc2)nn1-c1cccc(C(F)(F)F)c1. The predicted molar refractivity (Wildman–Crippen MR) is 84.2 cm³/mol. The second-order valence-electron chi connectivity index (χ2n) is 5.36. The molecule has 0 radical (unpaired) electrons. The van der Waals surface area contributed by atoms with Gasteiger partial charge in [-0.05, 0) is 48.5 Å². The number of nitrogens with zero attached hydrogens (tertiary/aromatic N) is 2. The Bertz CT molecular complexity index is 951. The third-order valence-electron chi connectivity index (χ3n) is 3.55. The Morgan fingerprint density at radius 3 is 2.27 bits per heavy atom. The van der Waals surface area contributed by atoms with Crippen LogP contribution in [0.5, 0.6) is 0 Å². The van der Waals surface area contributed by atoms with Gasteiger partial charge in [0.2, 0.25) is 0 Å². The summed E-state index contributed by atoms with van der Waals surface area (Å²) in [5.41, 5.74) is -0.408. The molecule has 3 rings (SSSR count). The van der Waals surface area contributed by atoms with Crippen LogP contribution in [0.3, 0.4) is 0 Å². The van der Waals surface area contributed by atoms with Gasteiger partial charge >= 0.3 is 6.18 Å². The van der Waals surface area contributed by atoms with Crippen molar-refractivity contribution in [2.24, 2.45) is 0 Å². The van der Waals surface area contributed by atoms with Gasteiger partial charge in [-0.15, -0.1) is 0 Å². The molecular formula is C18H10F6N2. The van der Waals surface area contributed by atoms with Gasteiger partial charge in [-0.25, -0.2) is 9.07 Å². The summed E-state index contributed by atoms with van der Waals surface area (Å²) < 4.78 is 78.2. The monoisotopic (exact) mass is 368 g/mol. The van der Waals surface area contributed by atoms with Crippen molar-refractivity contribution in [1.82, 2.24) is 9.78 Å². The van der Waals surface area contributed by atoms with E-state index in [1.165, 1.54) is 36.4 Å². The van der Waals surface area contributed by atoms with Crippen LogP contribution in [0.4, 0.5) is 26.3 Å². The van der Waals surface area contributed by atoms with E-state index in [-0.39, 0.29) is 17.1 Å². The van der Waals surface area contributed by atoms with Crippen molar-refractivity contribution in [2.75, 3.05) is 0 Å². The van der Waals surface area contributed by atoms with Gasteiger partial charge in [0.15, 0.2) is 0 Å². The second-order valence-corrected chi connectivity index (χ2v) is 5.36. The lowest BCUT2D eigenvalue weighted by atomic mass is 10.1. The first kappa shape index (κ1) is 17.8. The van der Waals surface area contributed by atoms with Crippen molar-refractivity contribution in [3.05, 3.63) is 77.8 Å². The molecular weight excluding hydrogens is 358 g/mol. The molecule has 0 bridgehead atoms. The topological polar surface area (TPSA) is 17.8 Å². The maximum atomic E-state index is 13.0. The normalized spacial score (nSPS) is 11.5. The van der Waals surface area contributed by atoms with Crippen molar-refractivity contribution in [1.29, 1.82) is 0 Å². The lowest BCUT2D eigenvalue weighted by Gasteiger charge is -2.10. The Morgan fingerprint density at radius 1 is 0.962 bits per heavy atom. The molecule has 2 nitrogen and oxygen atoms in total. The molecule has 0 saturated heterocycles. The van der Waals surface area contributed by atoms with E-state index in [1.54, 1.807) is 0 Å². The standard InChI is InChI=1S/C18H10F6N2/c19-13-6-4-11(5-7-13)16-9-15(10-17(20)21)26(25-16)14-3-1-2-12(8-14)18(22,23)24/h1-10H. The summed E-state index contributed by atoms with van der Waals surface area (Å²) >= 11 is 0. The molecule has 0 aliphatic rings. The van der Waals surface area contributed by atoms with Gasteiger partial charge in [0.05, 0.1) is 22.6 Å².